The first-order valence-corrected chi connectivity index (χ1v) is 11.6. The van der Waals surface area contributed by atoms with Gasteiger partial charge >= 0.3 is 6.03 Å². The van der Waals surface area contributed by atoms with Crippen LogP contribution in [0.4, 0.5) is 4.79 Å². The number of hydrogen-bond acceptors (Lipinski definition) is 5. The molecule has 2 aliphatic rings. The van der Waals surface area contributed by atoms with E-state index in [1.54, 1.807) is 26.1 Å². The van der Waals surface area contributed by atoms with Crippen LogP contribution in [0.5, 0.6) is 5.75 Å². The third-order valence-electron chi connectivity index (χ3n) is 6.55. The van der Waals surface area contributed by atoms with E-state index in [0.29, 0.717) is 25.0 Å². The number of rotatable bonds is 8. The van der Waals surface area contributed by atoms with Crippen molar-refractivity contribution in [1.29, 1.82) is 0 Å². The van der Waals surface area contributed by atoms with Gasteiger partial charge in [-0.3, -0.25) is 9.69 Å². The number of nitrogens with zero attached hydrogens (tertiary/aromatic N) is 4. The summed E-state index contributed by atoms with van der Waals surface area (Å²) in [4.78, 5) is 33.2. The molecule has 3 rings (SSSR count). The van der Waals surface area contributed by atoms with Gasteiger partial charge in [0.05, 0.1) is 13.5 Å². The van der Waals surface area contributed by atoms with Crippen molar-refractivity contribution >= 4 is 11.9 Å². The second-order valence-electron chi connectivity index (χ2n) is 8.99. The van der Waals surface area contributed by atoms with Crippen LogP contribution >= 0.6 is 0 Å². The number of amides is 3. The van der Waals surface area contributed by atoms with Crippen LogP contribution < -0.4 is 4.74 Å². The lowest BCUT2D eigenvalue weighted by atomic mass is 10.0. The lowest BCUT2D eigenvalue weighted by Crippen LogP contribution is -2.50. The van der Waals surface area contributed by atoms with Crippen molar-refractivity contribution in [3.05, 3.63) is 29.8 Å². The molecule has 0 aromatic heterocycles. The van der Waals surface area contributed by atoms with Crippen molar-refractivity contribution < 1.29 is 19.1 Å². The number of benzene rings is 1. The monoisotopic (exact) mass is 446 g/mol. The Balaban J connectivity index is 1.59. The zero-order valence-corrected chi connectivity index (χ0v) is 20.0. The molecule has 0 bridgehead atoms. The van der Waals surface area contributed by atoms with Crippen molar-refractivity contribution in [2.75, 3.05) is 67.6 Å². The van der Waals surface area contributed by atoms with Crippen molar-refractivity contribution in [3.63, 3.8) is 0 Å². The molecule has 8 heteroatoms. The fourth-order valence-corrected chi connectivity index (χ4v) is 4.63. The van der Waals surface area contributed by atoms with E-state index in [1.807, 2.05) is 41.1 Å². The Kier molecular flexibility index (Phi) is 8.75. The van der Waals surface area contributed by atoms with E-state index < -0.39 is 0 Å². The third kappa shape index (κ3) is 6.36. The Bertz CT molecular complexity index is 766. The van der Waals surface area contributed by atoms with Gasteiger partial charge in [0.2, 0.25) is 5.91 Å². The highest BCUT2D eigenvalue weighted by Gasteiger charge is 2.35. The van der Waals surface area contributed by atoms with Crippen molar-refractivity contribution in [3.8, 4) is 5.75 Å². The van der Waals surface area contributed by atoms with Crippen LogP contribution in [0.2, 0.25) is 0 Å². The van der Waals surface area contributed by atoms with E-state index in [9.17, 15) is 9.59 Å². The summed E-state index contributed by atoms with van der Waals surface area (Å²) in [7, 11) is 7.11. The summed E-state index contributed by atoms with van der Waals surface area (Å²) < 4.78 is 10.8. The smallest absolute Gasteiger partial charge is 0.319 e. The minimum atomic E-state index is 0.0741. The van der Waals surface area contributed by atoms with Crippen molar-refractivity contribution in [2.24, 2.45) is 0 Å². The maximum absolute atomic E-state index is 12.8. The van der Waals surface area contributed by atoms with Crippen LogP contribution in [-0.2, 0) is 16.0 Å². The van der Waals surface area contributed by atoms with Crippen LogP contribution in [0.25, 0.3) is 0 Å². The van der Waals surface area contributed by atoms with Crippen LogP contribution in [-0.4, -0.2) is 111 Å². The fourth-order valence-electron chi connectivity index (χ4n) is 4.63. The number of hydrogen-bond donors (Lipinski definition) is 0. The average Bonchev–Trinajstić information content (AvgIpc) is 3.29. The van der Waals surface area contributed by atoms with E-state index in [0.717, 1.165) is 63.4 Å². The van der Waals surface area contributed by atoms with E-state index in [4.69, 9.17) is 9.47 Å². The number of ether oxygens (including phenoxy) is 2. The molecule has 178 valence electrons. The number of carbonyl (C=O) groups excluding carboxylic acids is 2. The molecule has 1 aromatic carbocycles. The lowest BCUT2D eigenvalue weighted by molar-refractivity contribution is -0.129. The first-order valence-electron chi connectivity index (χ1n) is 11.6. The summed E-state index contributed by atoms with van der Waals surface area (Å²) in [5, 5.41) is 0. The summed E-state index contributed by atoms with van der Waals surface area (Å²) in [5.41, 5.74) is 0.955. The summed E-state index contributed by atoms with van der Waals surface area (Å²) in [6.45, 7) is 4.55. The van der Waals surface area contributed by atoms with Gasteiger partial charge in [-0.25, -0.2) is 4.79 Å². The quantitative estimate of drug-likeness (QED) is 0.611. The highest BCUT2D eigenvalue weighted by atomic mass is 16.5. The predicted octanol–water partition coefficient (Wildman–Crippen LogP) is 1.93. The van der Waals surface area contributed by atoms with Crippen molar-refractivity contribution in [1.82, 2.24) is 19.6 Å². The molecule has 0 saturated carbocycles. The Morgan fingerprint density at radius 2 is 1.84 bits per heavy atom. The molecule has 2 fully saturated rings. The van der Waals surface area contributed by atoms with Gasteiger partial charge in [0.25, 0.3) is 0 Å². The Morgan fingerprint density at radius 1 is 1.09 bits per heavy atom. The molecule has 1 aromatic rings. The maximum Gasteiger partial charge on any atom is 0.319 e. The Hall–Kier alpha value is -2.32. The minimum absolute atomic E-state index is 0.0741. The molecule has 0 radical (unpaired) electrons. The molecule has 8 nitrogen and oxygen atoms in total. The minimum Gasteiger partial charge on any atom is -0.497 e. The lowest BCUT2D eigenvalue weighted by Gasteiger charge is -2.39. The second-order valence-corrected chi connectivity index (χ2v) is 8.99. The zero-order chi connectivity index (χ0) is 23.1. The largest absolute Gasteiger partial charge is 0.497 e. The fraction of sp³-hybridized carbons (Fsp3) is 0.667. The Labute approximate surface area is 192 Å². The highest BCUT2D eigenvalue weighted by molar-refractivity contribution is 5.78. The van der Waals surface area contributed by atoms with Gasteiger partial charge in [0.1, 0.15) is 5.75 Å². The molecule has 2 aliphatic heterocycles. The summed E-state index contributed by atoms with van der Waals surface area (Å²) >= 11 is 0. The van der Waals surface area contributed by atoms with Gasteiger partial charge in [-0.1, -0.05) is 12.1 Å². The Morgan fingerprint density at radius 3 is 2.53 bits per heavy atom. The first-order chi connectivity index (χ1) is 15.4. The van der Waals surface area contributed by atoms with E-state index in [1.165, 1.54) is 0 Å². The van der Waals surface area contributed by atoms with Crippen LogP contribution in [0, 0.1) is 0 Å². The molecule has 0 aliphatic carbocycles. The van der Waals surface area contributed by atoms with Gasteiger partial charge in [-0.2, -0.15) is 0 Å². The molecule has 2 saturated heterocycles. The molecule has 1 atom stereocenters. The summed E-state index contributed by atoms with van der Waals surface area (Å²) in [5.74, 6) is 0.864. The van der Waals surface area contributed by atoms with Crippen molar-refractivity contribution in [2.45, 2.75) is 37.8 Å². The third-order valence-corrected chi connectivity index (χ3v) is 6.55. The summed E-state index contributed by atoms with van der Waals surface area (Å²) in [6.07, 6.45) is 3.33. The van der Waals surface area contributed by atoms with Crippen LogP contribution in [0.3, 0.4) is 0 Å². The number of carbonyl (C=O) groups is 2. The molecule has 3 amide bonds. The topological polar surface area (TPSA) is 65.6 Å². The second kappa shape index (κ2) is 11.5. The maximum atomic E-state index is 12.8. The molecule has 0 spiro atoms. The normalized spacial score (nSPS) is 19.3. The highest BCUT2D eigenvalue weighted by Crippen LogP contribution is 2.24. The molecular weight excluding hydrogens is 408 g/mol. The van der Waals surface area contributed by atoms with Gasteiger partial charge in [-0.15, -0.1) is 0 Å². The predicted molar refractivity (Wildman–Crippen MR) is 124 cm³/mol. The van der Waals surface area contributed by atoms with Gasteiger partial charge < -0.3 is 24.2 Å². The van der Waals surface area contributed by atoms with E-state index in [-0.39, 0.29) is 11.9 Å². The average molecular weight is 447 g/mol. The zero-order valence-electron chi connectivity index (χ0n) is 20.0. The number of methoxy groups -OCH3 is 1. The molecule has 0 N–H and O–H groups in total. The number of urea groups is 1. The van der Waals surface area contributed by atoms with Gasteiger partial charge in [-0.05, 0) is 37.0 Å². The van der Waals surface area contributed by atoms with Gasteiger partial charge in [0, 0.05) is 72.6 Å². The number of likely N-dealkylation sites (N-methyl/N-ethyl adjacent to an activating group) is 1. The standard InChI is InChI=1S/C24H38N4O4/c1-25(2)24(30)27-11-8-21(18-27)28(20-9-14-32-15-10-20)13-12-26(3)23(29)17-19-6-5-7-22(16-19)31-4/h5-7,16,20-21H,8-15,17-18H2,1-4H3. The van der Waals surface area contributed by atoms with Gasteiger partial charge in [0.15, 0.2) is 0 Å². The van der Waals surface area contributed by atoms with E-state index in [2.05, 4.69) is 4.90 Å². The summed E-state index contributed by atoms with van der Waals surface area (Å²) in [6, 6.07) is 8.50. The van der Waals surface area contributed by atoms with Crippen LogP contribution in [0.1, 0.15) is 24.8 Å². The van der Waals surface area contributed by atoms with Crippen LogP contribution in [0.15, 0.2) is 24.3 Å². The van der Waals surface area contributed by atoms with E-state index >= 15 is 0 Å². The number of likely N-dealkylation sites (tertiary alicyclic amines) is 1. The molecule has 2 heterocycles. The SMILES string of the molecule is COc1cccc(CC(=O)N(C)CCN(C2CCOCC2)C2CCN(C(=O)N(C)C)C2)c1. The molecule has 1 unspecified atom stereocenters. The first kappa shape index (κ1) is 24.3. The molecular formula is C24H38N4O4. The molecule has 32 heavy (non-hydrogen) atoms.